The molecule has 3 saturated heterocycles. The summed E-state index contributed by atoms with van der Waals surface area (Å²) in [5, 5.41) is 9.07. The number of likely N-dealkylation sites (tertiary alicyclic amines) is 1. The third-order valence-corrected chi connectivity index (χ3v) is 5.28. The summed E-state index contributed by atoms with van der Waals surface area (Å²) in [6.45, 7) is 1.84. The monoisotopic (exact) mass is 316 g/mol. The van der Waals surface area contributed by atoms with E-state index in [1.54, 1.807) is 0 Å². The van der Waals surface area contributed by atoms with E-state index in [4.69, 9.17) is 9.84 Å². The molecule has 0 aliphatic carbocycles. The van der Waals surface area contributed by atoms with E-state index in [9.17, 15) is 9.59 Å². The average molecular weight is 316 g/mol. The first-order valence-electron chi connectivity index (χ1n) is 8.06. The van der Waals surface area contributed by atoms with Crippen LogP contribution in [0.5, 0.6) is 0 Å². The largest absolute Gasteiger partial charge is 0.392 e. The van der Waals surface area contributed by atoms with E-state index in [-0.39, 0.29) is 24.5 Å². The second kappa shape index (κ2) is 5.32. The maximum atomic E-state index is 12.7. The normalized spacial score (nSPS) is 29.1. The molecule has 0 saturated carbocycles. The third kappa shape index (κ3) is 2.16. The van der Waals surface area contributed by atoms with Crippen molar-refractivity contribution in [1.82, 2.24) is 9.80 Å². The highest BCUT2D eigenvalue weighted by Crippen LogP contribution is 2.45. The van der Waals surface area contributed by atoms with E-state index < -0.39 is 5.72 Å². The van der Waals surface area contributed by atoms with Crippen LogP contribution < -0.4 is 0 Å². The Morgan fingerprint density at radius 1 is 1.26 bits per heavy atom. The Labute approximate surface area is 134 Å². The van der Waals surface area contributed by atoms with Crippen molar-refractivity contribution in [1.29, 1.82) is 0 Å². The number of hydrogen-bond acceptors (Lipinski definition) is 4. The standard InChI is InChI=1S/C17H20N2O4/c20-11-13-3-1-12(2-4-13)9-15(21)18-6-5-17-14(18)10-16(22)19(17)7-8-23-17/h1-4,14,20H,5-11H2/t14-,17+/m1/s1. The summed E-state index contributed by atoms with van der Waals surface area (Å²) in [4.78, 5) is 28.5. The summed E-state index contributed by atoms with van der Waals surface area (Å²) in [5.74, 6) is 0.131. The van der Waals surface area contributed by atoms with Gasteiger partial charge >= 0.3 is 0 Å². The summed E-state index contributed by atoms with van der Waals surface area (Å²) < 4.78 is 5.90. The molecule has 0 aromatic heterocycles. The lowest BCUT2D eigenvalue weighted by Gasteiger charge is -2.31. The topological polar surface area (TPSA) is 70.1 Å². The molecule has 3 aliphatic rings. The molecule has 0 bridgehead atoms. The number of carbonyl (C=O) groups excluding carboxylic acids is 2. The molecule has 3 aliphatic heterocycles. The van der Waals surface area contributed by atoms with Crippen LogP contribution >= 0.6 is 0 Å². The number of benzene rings is 1. The van der Waals surface area contributed by atoms with Crippen molar-refractivity contribution in [2.24, 2.45) is 0 Å². The van der Waals surface area contributed by atoms with Crippen molar-refractivity contribution in [2.45, 2.75) is 37.6 Å². The predicted molar refractivity (Wildman–Crippen MR) is 81.2 cm³/mol. The number of carbonyl (C=O) groups is 2. The molecule has 1 aromatic rings. The number of ether oxygens (including phenoxy) is 1. The fourth-order valence-corrected chi connectivity index (χ4v) is 4.13. The molecule has 1 spiro atoms. The van der Waals surface area contributed by atoms with E-state index >= 15 is 0 Å². The molecule has 3 heterocycles. The quantitative estimate of drug-likeness (QED) is 0.870. The van der Waals surface area contributed by atoms with Crippen LogP contribution in [0, 0.1) is 0 Å². The van der Waals surface area contributed by atoms with Crippen LogP contribution in [0.2, 0.25) is 0 Å². The van der Waals surface area contributed by atoms with Gasteiger partial charge in [0.2, 0.25) is 11.8 Å². The number of nitrogens with zero attached hydrogens (tertiary/aromatic N) is 2. The Morgan fingerprint density at radius 3 is 2.74 bits per heavy atom. The summed E-state index contributed by atoms with van der Waals surface area (Å²) in [7, 11) is 0. The zero-order valence-corrected chi connectivity index (χ0v) is 12.9. The highest BCUT2D eigenvalue weighted by Gasteiger charge is 2.62. The van der Waals surface area contributed by atoms with E-state index in [0.717, 1.165) is 11.1 Å². The molecule has 6 heteroatoms. The second-order valence-electron chi connectivity index (χ2n) is 6.45. The lowest BCUT2D eigenvalue weighted by molar-refractivity contribution is -0.139. The van der Waals surface area contributed by atoms with E-state index in [0.29, 0.717) is 39.0 Å². The molecule has 23 heavy (non-hydrogen) atoms. The van der Waals surface area contributed by atoms with Crippen LogP contribution in [0.3, 0.4) is 0 Å². The van der Waals surface area contributed by atoms with Gasteiger partial charge in [0.15, 0.2) is 5.72 Å². The number of hydrogen-bond donors (Lipinski definition) is 1. The lowest BCUT2D eigenvalue weighted by atomic mass is 10.1. The number of aliphatic hydroxyl groups excluding tert-OH is 1. The first-order chi connectivity index (χ1) is 11.1. The summed E-state index contributed by atoms with van der Waals surface area (Å²) in [6.07, 6.45) is 1.39. The molecular weight excluding hydrogens is 296 g/mol. The number of rotatable bonds is 3. The van der Waals surface area contributed by atoms with Crippen molar-refractivity contribution < 1.29 is 19.4 Å². The van der Waals surface area contributed by atoms with Crippen molar-refractivity contribution in [3.63, 3.8) is 0 Å². The minimum atomic E-state index is -0.562. The van der Waals surface area contributed by atoms with Crippen LogP contribution in [-0.2, 0) is 27.4 Å². The molecule has 2 atom stereocenters. The summed E-state index contributed by atoms with van der Waals surface area (Å²) >= 11 is 0. The Morgan fingerprint density at radius 2 is 2.00 bits per heavy atom. The molecule has 6 nitrogen and oxygen atoms in total. The Bertz CT molecular complexity index is 644. The Kier molecular flexibility index (Phi) is 3.39. The van der Waals surface area contributed by atoms with Gasteiger partial charge in [-0.15, -0.1) is 0 Å². The van der Waals surface area contributed by atoms with Crippen LogP contribution in [0.4, 0.5) is 0 Å². The fraction of sp³-hybridized carbons (Fsp3) is 0.529. The molecule has 1 aromatic carbocycles. The lowest BCUT2D eigenvalue weighted by Crippen LogP contribution is -2.49. The van der Waals surface area contributed by atoms with Gasteiger partial charge in [0.1, 0.15) is 0 Å². The molecular formula is C17H20N2O4. The van der Waals surface area contributed by atoms with Crippen molar-refractivity contribution >= 4 is 11.8 Å². The predicted octanol–water partition coefficient (Wildman–Crippen LogP) is 0.281. The maximum absolute atomic E-state index is 12.7. The van der Waals surface area contributed by atoms with Gasteiger partial charge in [-0.25, -0.2) is 0 Å². The van der Waals surface area contributed by atoms with Gasteiger partial charge in [-0.2, -0.15) is 0 Å². The molecule has 2 amide bonds. The molecule has 1 N–H and O–H groups in total. The van der Waals surface area contributed by atoms with Gasteiger partial charge in [-0.3, -0.25) is 9.59 Å². The second-order valence-corrected chi connectivity index (χ2v) is 6.45. The first-order valence-corrected chi connectivity index (χ1v) is 8.06. The minimum absolute atomic E-state index is 0.000229. The Hall–Kier alpha value is -1.92. The van der Waals surface area contributed by atoms with Gasteiger partial charge in [-0.05, 0) is 11.1 Å². The van der Waals surface area contributed by atoms with E-state index in [1.165, 1.54) is 0 Å². The third-order valence-electron chi connectivity index (χ3n) is 5.28. The van der Waals surface area contributed by atoms with Crippen LogP contribution in [0.1, 0.15) is 24.0 Å². The number of amides is 2. The van der Waals surface area contributed by atoms with Gasteiger partial charge in [0.25, 0.3) is 0 Å². The first kappa shape index (κ1) is 14.7. The van der Waals surface area contributed by atoms with Gasteiger partial charge in [-0.1, -0.05) is 24.3 Å². The maximum Gasteiger partial charge on any atom is 0.227 e. The highest BCUT2D eigenvalue weighted by molar-refractivity contribution is 5.85. The zero-order chi connectivity index (χ0) is 16.0. The molecule has 4 rings (SSSR count). The highest BCUT2D eigenvalue weighted by atomic mass is 16.5. The van der Waals surface area contributed by atoms with Gasteiger partial charge in [0.05, 0.1) is 32.1 Å². The molecule has 122 valence electrons. The summed E-state index contributed by atoms with van der Waals surface area (Å²) in [6, 6.07) is 7.24. The molecule has 0 unspecified atom stereocenters. The van der Waals surface area contributed by atoms with Gasteiger partial charge < -0.3 is 19.6 Å². The van der Waals surface area contributed by atoms with Crippen molar-refractivity contribution in [3.8, 4) is 0 Å². The minimum Gasteiger partial charge on any atom is -0.392 e. The van der Waals surface area contributed by atoms with Crippen molar-refractivity contribution in [2.75, 3.05) is 19.7 Å². The SMILES string of the molecule is O=C(Cc1ccc(CO)cc1)N1CC[C@@]23OCCN2C(=O)C[C@@H]13. The van der Waals surface area contributed by atoms with E-state index in [1.807, 2.05) is 34.1 Å². The van der Waals surface area contributed by atoms with Crippen LogP contribution in [0.25, 0.3) is 0 Å². The smallest absolute Gasteiger partial charge is 0.227 e. The number of aliphatic hydroxyl groups is 1. The van der Waals surface area contributed by atoms with E-state index in [2.05, 4.69) is 0 Å². The van der Waals surface area contributed by atoms with Crippen LogP contribution in [-0.4, -0.2) is 58.2 Å². The Balaban J connectivity index is 1.50. The fourth-order valence-electron chi connectivity index (χ4n) is 4.13. The van der Waals surface area contributed by atoms with Gasteiger partial charge in [0, 0.05) is 19.5 Å². The average Bonchev–Trinajstić information content (AvgIpc) is 3.19. The van der Waals surface area contributed by atoms with Crippen LogP contribution in [0.15, 0.2) is 24.3 Å². The molecule has 0 radical (unpaired) electrons. The zero-order valence-electron chi connectivity index (χ0n) is 12.9. The summed E-state index contributed by atoms with van der Waals surface area (Å²) in [5.41, 5.74) is 1.19. The van der Waals surface area contributed by atoms with Crippen molar-refractivity contribution in [3.05, 3.63) is 35.4 Å². The molecule has 3 fully saturated rings.